The van der Waals surface area contributed by atoms with Gasteiger partial charge in [0, 0.05) is 17.8 Å². The summed E-state index contributed by atoms with van der Waals surface area (Å²) in [5.41, 5.74) is 0.942. The van der Waals surface area contributed by atoms with Crippen LogP contribution in [-0.4, -0.2) is 32.1 Å². The molecule has 0 saturated heterocycles. The first-order chi connectivity index (χ1) is 13.7. The van der Waals surface area contributed by atoms with Crippen molar-refractivity contribution in [1.82, 2.24) is 10.0 Å². The lowest BCUT2D eigenvalue weighted by atomic mass is 10.2. The van der Waals surface area contributed by atoms with Gasteiger partial charge < -0.3 is 10.1 Å². The van der Waals surface area contributed by atoms with Crippen LogP contribution in [0.5, 0.6) is 5.75 Å². The standard InChI is InChI=1S/C20H23N3O4S2/c1-4-12-21-29(25,26)18-10-8-16(9-11-18)22-20(28)23-19(24)15-6-5-7-17(13-15)27-14(2)3/h4-11,13-14,21H,1,12H2,2-3H3,(H2,22,23,24,28). The van der Waals surface area contributed by atoms with Gasteiger partial charge in [-0.2, -0.15) is 0 Å². The van der Waals surface area contributed by atoms with E-state index in [2.05, 4.69) is 21.9 Å². The van der Waals surface area contributed by atoms with Crippen LogP contribution < -0.4 is 20.1 Å². The summed E-state index contributed by atoms with van der Waals surface area (Å²) in [6.07, 6.45) is 1.45. The highest BCUT2D eigenvalue weighted by Gasteiger charge is 2.13. The van der Waals surface area contributed by atoms with Gasteiger partial charge in [-0.3, -0.25) is 10.1 Å². The predicted octanol–water partition coefficient (Wildman–Crippen LogP) is 3.06. The number of ether oxygens (including phenoxy) is 1. The average Bonchev–Trinajstić information content (AvgIpc) is 2.66. The summed E-state index contributed by atoms with van der Waals surface area (Å²) < 4.78 is 32.1. The third-order valence-corrected chi connectivity index (χ3v) is 5.18. The van der Waals surface area contributed by atoms with Gasteiger partial charge in [0.15, 0.2) is 5.11 Å². The second kappa shape index (κ2) is 10.1. The molecule has 0 aliphatic heterocycles. The molecule has 0 aliphatic carbocycles. The molecule has 0 saturated carbocycles. The fraction of sp³-hybridized carbons (Fsp3) is 0.200. The largest absolute Gasteiger partial charge is 0.491 e. The molecule has 0 aliphatic rings. The van der Waals surface area contributed by atoms with Crippen molar-refractivity contribution in [3.8, 4) is 5.75 Å². The molecule has 9 heteroatoms. The van der Waals surface area contributed by atoms with Crippen LogP contribution >= 0.6 is 12.2 Å². The highest BCUT2D eigenvalue weighted by molar-refractivity contribution is 7.89. The number of amides is 1. The van der Waals surface area contributed by atoms with E-state index in [0.29, 0.717) is 17.0 Å². The molecule has 0 fully saturated rings. The molecular formula is C20H23N3O4S2. The second-order valence-corrected chi connectivity index (χ2v) is 8.44. The Kier molecular flexibility index (Phi) is 7.89. The normalized spacial score (nSPS) is 11.0. The van der Waals surface area contributed by atoms with E-state index in [-0.39, 0.29) is 28.6 Å². The lowest BCUT2D eigenvalue weighted by Crippen LogP contribution is -2.34. The van der Waals surface area contributed by atoms with Crippen LogP contribution in [0.25, 0.3) is 0 Å². The maximum absolute atomic E-state index is 12.4. The van der Waals surface area contributed by atoms with Crippen LogP contribution in [0.2, 0.25) is 0 Å². The highest BCUT2D eigenvalue weighted by atomic mass is 32.2. The minimum absolute atomic E-state index is 0.00480. The number of sulfonamides is 1. The van der Waals surface area contributed by atoms with E-state index in [1.165, 1.54) is 18.2 Å². The smallest absolute Gasteiger partial charge is 0.257 e. The number of hydrogen-bond acceptors (Lipinski definition) is 5. The molecule has 3 N–H and O–H groups in total. The SMILES string of the molecule is C=CCNS(=O)(=O)c1ccc(NC(=S)NC(=O)c2cccc(OC(C)C)c2)cc1. The Morgan fingerprint density at radius 1 is 1.21 bits per heavy atom. The summed E-state index contributed by atoms with van der Waals surface area (Å²) >= 11 is 5.16. The van der Waals surface area contributed by atoms with Crippen molar-refractivity contribution < 1.29 is 17.9 Å². The van der Waals surface area contributed by atoms with Crippen LogP contribution in [0.15, 0.2) is 66.1 Å². The van der Waals surface area contributed by atoms with Crippen molar-refractivity contribution >= 4 is 38.9 Å². The molecular weight excluding hydrogens is 410 g/mol. The molecule has 1 amide bonds. The van der Waals surface area contributed by atoms with Crippen molar-refractivity contribution in [1.29, 1.82) is 0 Å². The zero-order chi connectivity index (χ0) is 21.4. The van der Waals surface area contributed by atoms with Crippen molar-refractivity contribution in [3.05, 3.63) is 66.7 Å². The van der Waals surface area contributed by atoms with Gasteiger partial charge in [0.05, 0.1) is 11.0 Å². The van der Waals surface area contributed by atoms with Crippen molar-refractivity contribution in [2.45, 2.75) is 24.8 Å². The quantitative estimate of drug-likeness (QED) is 0.437. The second-order valence-electron chi connectivity index (χ2n) is 6.27. The Balaban J connectivity index is 1.98. The van der Waals surface area contributed by atoms with E-state index < -0.39 is 10.0 Å². The molecule has 0 spiro atoms. The van der Waals surface area contributed by atoms with E-state index in [1.54, 1.807) is 36.4 Å². The van der Waals surface area contributed by atoms with Gasteiger partial charge in [-0.25, -0.2) is 13.1 Å². The van der Waals surface area contributed by atoms with Gasteiger partial charge in [-0.1, -0.05) is 12.1 Å². The zero-order valence-electron chi connectivity index (χ0n) is 16.1. The van der Waals surface area contributed by atoms with Gasteiger partial charge >= 0.3 is 0 Å². The first kappa shape index (κ1) is 22.5. The molecule has 154 valence electrons. The van der Waals surface area contributed by atoms with Crippen molar-refractivity contribution in [2.24, 2.45) is 0 Å². The van der Waals surface area contributed by atoms with E-state index in [1.807, 2.05) is 13.8 Å². The summed E-state index contributed by atoms with van der Waals surface area (Å²) in [4.78, 5) is 12.5. The molecule has 0 atom stereocenters. The van der Waals surface area contributed by atoms with Gasteiger partial charge in [-0.05, 0) is 68.5 Å². The number of hydrogen-bond donors (Lipinski definition) is 3. The van der Waals surface area contributed by atoms with E-state index in [0.717, 1.165) is 0 Å². The predicted molar refractivity (Wildman–Crippen MR) is 118 cm³/mol. The van der Waals surface area contributed by atoms with E-state index in [4.69, 9.17) is 17.0 Å². The molecule has 7 nitrogen and oxygen atoms in total. The van der Waals surface area contributed by atoms with Crippen LogP contribution in [0.4, 0.5) is 5.69 Å². The lowest BCUT2D eigenvalue weighted by Gasteiger charge is -2.12. The number of carbonyl (C=O) groups excluding carboxylic acids is 1. The summed E-state index contributed by atoms with van der Waals surface area (Å²) in [5, 5.41) is 5.52. The summed E-state index contributed by atoms with van der Waals surface area (Å²) in [5.74, 6) is 0.206. The average molecular weight is 434 g/mol. The molecule has 2 aromatic rings. The summed E-state index contributed by atoms with van der Waals surface area (Å²) in [6.45, 7) is 7.42. The molecule has 2 aromatic carbocycles. The Hall–Kier alpha value is -2.75. The monoisotopic (exact) mass is 433 g/mol. The van der Waals surface area contributed by atoms with Gasteiger partial charge in [0.25, 0.3) is 5.91 Å². The first-order valence-electron chi connectivity index (χ1n) is 8.81. The Morgan fingerprint density at radius 3 is 2.52 bits per heavy atom. The number of nitrogens with one attached hydrogen (secondary N) is 3. The molecule has 2 rings (SSSR count). The summed E-state index contributed by atoms with van der Waals surface area (Å²) in [6, 6.07) is 12.8. The van der Waals surface area contributed by atoms with Gasteiger partial charge in [-0.15, -0.1) is 6.58 Å². The number of carbonyl (C=O) groups is 1. The maximum Gasteiger partial charge on any atom is 0.257 e. The molecule has 0 unspecified atom stereocenters. The Labute approximate surface area is 176 Å². The van der Waals surface area contributed by atoms with Gasteiger partial charge in [0.1, 0.15) is 5.75 Å². The van der Waals surface area contributed by atoms with Crippen LogP contribution in [-0.2, 0) is 10.0 Å². The number of rotatable bonds is 8. The number of benzene rings is 2. The van der Waals surface area contributed by atoms with Gasteiger partial charge in [0.2, 0.25) is 10.0 Å². The highest BCUT2D eigenvalue weighted by Crippen LogP contribution is 2.16. The third kappa shape index (κ3) is 6.97. The van der Waals surface area contributed by atoms with E-state index in [9.17, 15) is 13.2 Å². The fourth-order valence-corrected chi connectivity index (χ4v) is 3.50. The summed E-state index contributed by atoms with van der Waals surface area (Å²) in [7, 11) is -3.60. The third-order valence-electron chi connectivity index (χ3n) is 3.54. The Bertz CT molecular complexity index is 987. The minimum Gasteiger partial charge on any atom is -0.491 e. The topological polar surface area (TPSA) is 96.5 Å². The molecule has 0 bridgehead atoms. The molecule has 0 heterocycles. The zero-order valence-corrected chi connectivity index (χ0v) is 17.8. The molecule has 0 aromatic heterocycles. The maximum atomic E-state index is 12.4. The van der Waals surface area contributed by atoms with E-state index >= 15 is 0 Å². The van der Waals surface area contributed by atoms with Crippen molar-refractivity contribution in [3.63, 3.8) is 0 Å². The molecule has 29 heavy (non-hydrogen) atoms. The minimum atomic E-state index is -3.60. The van der Waals surface area contributed by atoms with Crippen LogP contribution in [0.3, 0.4) is 0 Å². The van der Waals surface area contributed by atoms with Crippen LogP contribution in [0, 0.1) is 0 Å². The number of anilines is 1. The Morgan fingerprint density at radius 2 is 1.90 bits per heavy atom. The first-order valence-corrected chi connectivity index (χ1v) is 10.7. The molecule has 0 radical (unpaired) electrons. The van der Waals surface area contributed by atoms with Crippen molar-refractivity contribution in [2.75, 3.05) is 11.9 Å². The lowest BCUT2D eigenvalue weighted by molar-refractivity contribution is 0.0977. The fourth-order valence-electron chi connectivity index (χ4n) is 2.29. The van der Waals surface area contributed by atoms with Crippen LogP contribution in [0.1, 0.15) is 24.2 Å². The number of thiocarbonyl (C=S) groups is 1.